The summed E-state index contributed by atoms with van der Waals surface area (Å²) in [5, 5.41) is 13.8. The summed E-state index contributed by atoms with van der Waals surface area (Å²) in [6, 6.07) is 14.0. The van der Waals surface area contributed by atoms with Crippen LogP contribution in [0.15, 0.2) is 51.7 Å². The predicted molar refractivity (Wildman–Crippen MR) is 125 cm³/mol. The van der Waals surface area contributed by atoms with E-state index in [2.05, 4.69) is 34.5 Å². The van der Waals surface area contributed by atoms with Gasteiger partial charge >= 0.3 is 5.63 Å². The smallest absolute Gasteiger partial charge is 0.339 e. The topological polar surface area (TPSA) is 82.8 Å². The number of phenolic OH excluding ortho intramolecular Hbond substituents is 1. The molecule has 6 heteroatoms. The van der Waals surface area contributed by atoms with Gasteiger partial charge in [0.05, 0.1) is 0 Å². The number of rotatable bonds is 6. The van der Waals surface area contributed by atoms with E-state index < -0.39 is 5.63 Å². The Morgan fingerprint density at radius 1 is 1.09 bits per heavy atom. The maximum absolute atomic E-state index is 12.6. The monoisotopic (exact) mass is 434 g/mol. The van der Waals surface area contributed by atoms with E-state index in [1.165, 1.54) is 5.56 Å². The number of phenols is 1. The van der Waals surface area contributed by atoms with Crippen LogP contribution in [0.3, 0.4) is 0 Å². The Morgan fingerprint density at radius 2 is 1.81 bits per heavy atom. The lowest BCUT2D eigenvalue weighted by Gasteiger charge is -2.32. The Bertz CT molecular complexity index is 1160. The Morgan fingerprint density at radius 3 is 2.53 bits per heavy atom. The van der Waals surface area contributed by atoms with Gasteiger partial charge in [0.25, 0.3) is 0 Å². The van der Waals surface area contributed by atoms with Gasteiger partial charge in [0.2, 0.25) is 5.91 Å². The molecule has 2 N–H and O–H groups in total. The van der Waals surface area contributed by atoms with Crippen LogP contribution in [0, 0.1) is 13.8 Å². The van der Waals surface area contributed by atoms with Crippen molar-refractivity contribution in [1.29, 1.82) is 0 Å². The van der Waals surface area contributed by atoms with Crippen LogP contribution in [0.2, 0.25) is 0 Å². The number of carbonyl (C=O) groups is 1. The van der Waals surface area contributed by atoms with Gasteiger partial charge < -0.3 is 14.8 Å². The molecular weight excluding hydrogens is 404 g/mol. The summed E-state index contributed by atoms with van der Waals surface area (Å²) >= 11 is 0. The summed E-state index contributed by atoms with van der Waals surface area (Å²) in [4.78, 5) is 27.5. The molecule has 1 aliphatic heterocycles. The number of piperidine rings is 1. The highest BCUT2D eigenvalue weighted by atomic mass is 16.4. The normalized spacial score (nSPS) is 15.2. The molecule has 32 heavy (non-hydrogen) atoms. The SMILES string of the molecule is Cc1c(CCC(=O)NC2CCN(Cc3ccccc3)CC2)c(=O)oc2c(C)c(O)ccc12. The van der Waals surface area contributed by atoms with E-state index in [4.69, 9.17) is 4.42 Å². The minimum absolute atomic E-state index is 0.0349. The van der Waals surface area contributed by atoms with Crippen LogP contribution in [0.4, 0.5) is 0 Å². The number of amides is 1. The molecule has 0 unspecified atom stereocenters. The van der Waals surface area contributed by atoms with Crippen molar-refractivity contribution >= 4 is 16.9 Å². The number of aryl methyl sites for hydroxylation is 2. The fourth-order valence-electron chi connectivity index (χ4n) is 4.48. The fourth-order valence-corrected chi connectivity index (χ4v) is 4.48. The molecule has 1 aromatic heterocycles. The second-order valence-electron chi connectivity index (χ2n) is 8.68. The summed E-state index contributed by atoms with van der Waals surface area (Å²) < 4.78 is 5.48. The second-order valence-corrected chi connectivity index (χ2v) is 8.68. The van der Waals surface area contributed by atoms with E-state index in [1.54, 1.807) is 19.1 Å². The van der Waals surface area contributed by atoms with E-state index in [0.29, 0.717) is 23.1 Å². The van der Waals surface area contributed by atoms with E-state index in [-0.39, 0.29) is 24.1 Å². The van der Waals surface area contributed by atoms with Crippen molar-refractivity contribution in [2.75, 3.05) is 13.1 Å². The average Bonchev–Trinajstić information content (AvgIpc) is 2.78. The van der Waals surface area contributed by atoms with Gasteiger partial charge in [-0.15, -0.1) is 0 Å². The molecule has 0 saturated carbocycles. The molecule has 2 heterocycles. The first kappa shape index (κ1) is 22.1. The standard InChI is InChI=1S/C26H30N2O4/c1-17-21-8-10-23(29)18(2)25(21)32-26(31)22(17)9-11-24(30)27-20-12-14-28(15-13-20)16-19-6-4-3-5-7-19/h3-8,10,20,29H,9,11-16H2,1-2H3,(H,27,30). The lowest BCUT2D eigenvalue weighted by Crippen LogP contribution is -2.44. The van der Waals surface area contributed by atoms with Crippen LogP contribution in [0.25, 0.3) is 11.0 Å². The van der Waals surface area contributed by atoms with Crippen molar-refractivity contribution in [2.45, 2.75) is 52.1 Å². The zero-order valence-electron chi connectivity index (χ0n) is 18.7. The molecule has 2 aromatic carbocycles. The molecule has 168 valence electrons. The molecule has 0 atom stereocenters. The third-order valence-corrected chi connectivity index (χ3v) is 6.48. The number of hydrogen-bond donors (Lipinski definition) is 2. The number of hydrogen-bond acceptors (Lipinski definition) is 5. The molecule has 0 radical (unpaired) electrons. The number of carbonyl (C=O) groups excluding carboxylic acids is 1. The van der Waals surface area contributed by atoms with E-state index in [0.717, 1.165) is 43.4 Å². The van der Waals surface area contributed by atoms with Gasteiger partial charge in [0.15, 0.2) is 0 Å². The number of nitrogens with zero attached hydrogens (tertiary/aromatic N) is 1. The van der Waals surface area contributed by atoms with Gasteiger partial charge in [-0.25, -0.2) is 4.79 Å². The summed E-state index contributed by atoms with van der Waals surface area (Å²) in [6.45, 7) is 6.44. The van der Waals surface area contributed by atoms with Gasteiger partial charge in [0.1, 0.15) is 11.3 Å². The Hall–Kier alpha value is -3.12. The number of benzene rings is 2. The lowest BCUT2D eigenvalue weighted by atomic mass is 10.00. The Kier molecular flexibility index (Phi) is 6.61. The number of fused-ring (bicyclic) bond motifs is 1. The highest BCUT2D eigenvalue weighted by Gasteiger charge is 2.21. The van der Waals surface area contributed by atoms with Crippen LogP contribution in [0.1, 0.15) is 41.5 Å². The van der Waals surface area contributed by atoms with Crippen LogP contribution in [-0.2, 0) is 17.8 Å². The molecule has 4 rings (SSSR count). The first-order valence-electron chi connectivity index (χ1n) is 11.2. The number of aromatic hydroxyl groups is 1. The summed E-state index contributed by atoms with van der Waals surface area (Å²) in [5.41, 5.74) is 3.15. The molecule has 0 aliphatic carbocycles. The van der Waals surface area contributed by atoms with Gasteiger partial charge in [-0.3, -0.25) is 9.69 Å². The predicted octanol–water partition coefficient (Wildman–Crippen LogP) is 3.83. The fraction of sp³-hybridized carbons (Fsp3) is 0.385. The van der Waals surface area contributed by atoms with E-state index in [9.17, 15) is 14.7 Å². The number of nitrogens with one attached hydrogen (secondary N) is 1. The van der Waals surface area contributed by atoms with Crippen molar-refractivity contribution in [3.63, 3.8) is 0 Å². The third kappa shape index (κ3) is 4.86. The van der Waals surface area contributed by atoms with Crippen molar-refractivity contribution in [1.82, 2.24) is 10.2 Å². The molecule has 1 amide bonds. The zero-order chi connectivity index (χ0) is 22.7. The van der Waals surface area contributed by atoms with Gasteiger partial charge in [0, 0.05) is 48.6 Å². The Balaban J connectivity index is 1.31. The maximum Gasteiger partial charge on any atom is 0.339 e. The molecule has 0 spiro atoms. The molecule has 1 saturated heterocycles. The van der Waals surface area contributed by atoms with Crippen LogP contribution in [0.5, 0.6) is 5.75 Å². The first-order chi connectivity index (χ1) is 15.4. The highest BCUT2D eigenvalue weighted by molar-refractivity contribution is 5.85. The molecule has 1 aliphatic rings. The minimum Gasteiger partial charge on any atom is -0.508 e. The van der Waals surface area contributed by atoms with Crippen LogP contribution in [-0.4, -0.2) is 35.0 Å². The minimum atomic E-state index is -0.439. The van der Waals surface area contributed by atoms with Crippen LogP contribution >= 0.6 is 0 Å². The van der Waals surface area contributed by atoms with Gasteiger partial charge in [-0.05, 0) is 56.4 Å². The Labute approximate surface area is 187 Å². The maximum atomic E-state index is 12.6. The molecule has 6 nitrogen and oxygen atoms in total. The van der Waals surface area contributed by atoms with Crippen molar-refractivity contribution in [2.24, 2.45) is 0 Å². The summed E-state index contributed by atoms with van der Waals surface area (Å²) in [5.74, 6) is 0.0642. The second kappa shape index (κ2) is 9.57. The largest absolute Gasteiger partial charge is 0.508 e. The third-order valence-electron chi connectivity index (χ3n) is 6.48. The van der Waals surface area contributed by atoms with E-state index >= 15 is 0 Å². The van der Waals surface area contributed by atoms with Gasteiger partial charge in [-0.2, -0.15) is 0 Å². The molecule has 3 aromatic rings. The molecule has 1 fully saturated rings. The van der Waals surface area contributed by atoms with Crippen molar-refractivity contribution < 1.29 is 14.3 Å². The summed E-state index contributed by atoms with van der Waals surface area (Å²) in [6.07, 6.45) is 2.44. The zero-order valence-corrected chi connectivity index (χ0v) is 18.7. The van der Waals surface area contributed by atoms with E-state index in [1.807, 2.05) is 13.0 Å². The summed E-state index contributed by atoms with van der Waals surface area (Å²) in [7, 11) is 0. The highest BCUT2D eigenvalue weighted by Crippen LogP contribution is 2.28. The first-order valence-corrected chi connectivity index (χ1v) is 11.2. The van der Waals surface area contributed by atoms with Crippen molar-refractivity contribution in [3.05, 3.63) is 75.1 Å². The lowest BCUT2D eigenvalue weighted by molar-refractivity contribution is -0.122. The van der Waals surface area contributed by atoms with Gasteiger partial charge in [-0.1, -0.05) is 30.3 Å². The molecular formula is C26H30N2O4. The number of likely N-dealkylation sites (tertiary alicyclic amines) is 1. The average molecular weight is 435 g/mol. The molecule has 0 bridgehead atoms. The quantitative estimate of drug-likeness (QED) is 0.576. The van der Waals surface area contributed by atoms with Crippen LogP contribution < -0.4 is 10.9 Å². The van der Waals surface area contributed by atoms with Crippen molar-refractivity contribution in [3.8, 4) is 5.75 Å².